The van der Waals surface area contributed by atoms with Crippen molar-refractivity contribution in [2.45, 2.75) is 19.4 Å². The van der Waals surface area contributed by atoms with Crippen molar-refractivity contribution < 1.29 is 18.4 Å². The molecule has 1 N–H and O–H groups in total. The number of benzene rings is 2. The summed E-state index contributed by atoms with van der Waals surface area (Å²) in [6, 6.07) is 9.11. The molecule has 0 saturated heterocycles. The van der Waals surface area contributed by atoms with Crippen molar-refractivity contribution in [3.8, 4) is 0 Å². The van der Waals surface area contributed by atoms with Crippen molar-refractivity contribution >= 4 is 34.8 Å². The number of nitrogens with zero attached hydrogens (tertiary/aromatic N) is 1. The van der Waals surface area contributed by atoms with Crippen molar-refractivity contribution in [3.63, 3.8) is 0 Å². The van der Waals surface area contributed by atoms with Crippen LogP contribution < -0.4 is 0 Å². The molecule has 26 heavy (non-hydrogen) atoms. The van der Waals surface area contributed by atoms with E-state index >= 15 is 0 Å². The van der Waals surface area contributed by atoms with E-state index in [1.807, 2.05) is 12.1 Å². The zero-order chi connectivity index (χ0) is 18.7. The summed E-state index contributed by atoms with van der Waals surface area (Å²) in [5.74, 6) is -2.55. The summed E-state index contributed by atoms with van der Waals surface area (Å²) in [4.78, 5) is 27.5. The van der Waals surface area contributed by atoms with Gasteiger partial charge in [-0.05, 0) is 24.1 Å². The normalized spacial score (nSPS) is 10.9. The predicted octanol–water partition coefficient (Wildman–Crippen LogP) is 4.22. The third-order valence-electron chi connectivity index (χ3n) is 4.18. The lowest BCUT2D eigenvalue weighted by atomic mass is 10.1. The van der Waals surface area contributed by atoms with Crippen LogP contribution in [0.3, 0.4) is 0 Å². The first-order valence-electron chi connectivity index (χ1n) is 7.93. The van der Waals surface area contributed by atoms with Crippen LogP contribution in [-0.4, -0.2) is 22.2 Å². The highest BCUT2D eigenvalue weighted by molar-refractivity contribution is 6.35. The first-order chi connectivity index (χ1) is 12.5. The molecule has 0 aliphatic rings. The van der Waals surface area contributed by atoms with Crippen LogP contribution in [0.2, 0.25) is 5.02 Å². The monoisotopic (exact) mass is 376 g/mol. The molecule has 0 unspecified atom stereocenters. The number of nitrogens with one attached hydrogen (secondary N) is 1. The minimum Gasteiger partial charge on any atom is -0.360 e. The molecule has 0 fully saturated rings. The fourth-order valence-corrected chi connectivity index (χ4v) is 3.03. The summed E-state index contributed by atoms with van der Waals surface area (Å²) in [5, 5.41) is 1.48. The SMILES string of the molecule is O=CN(Cc1cccc(F)c1F)C(=O)CCc1c[nH]c2c(Cl)cccc12. The average molecular weight is 377 g/mol. The number of amides is 2. The van der Waals surface area contributed by atoms with Crippen LogP contribution in [-0.2, 0) is 22.6 Å². The van der Waals surface area contributed by atoms with Crippen molar-refractivity contribution in [2.75, 3.05) is 0 Å². The van der Waals surface area contributed by atoms with E-state index in [-0.39, 0.29) is 18.5 Å². The summed E-state index contributed by atoms with van der Waals surface area (Å²) < 4.78 is 27.0. The van der Waals surface area contributed by atoms with Crippen LogP contribution in [0.15, 0.2) is 42.6 Å². The minimum atomic E-state index is -1.06. The Bertz CT molecular complexity index is 971. The van der Waals surface area contributed by atoms with Crippen LogP contribution in [0.25, 0.3) is 10.9 Å². The number of hydrogen-bond donors (Lipinski definition) is 1. The van der Waals surface area contributed by atoms with Gasteiger partial charge in [0.25, 0.3) is 0 Å². The fraction of sp³-hybridized carbons (Fsp3) is 0.158. The van der Waals surface area contributed by atoms with Gasteiger partial charge in [0.1, 0.15) is 0 Å². The van der Waals surface area contributed by atoms with Crippen LogP contribution >= 0.6 is 11.6 Å². The highest BCUT2D eigenvalue weighted by Gasteiger charge is 2.17. The molecule has 1 aromatic heterocycles. The molecule has 2 aromatic carbocycles. The molecular formula is C19H15ClF2N2O2. The van der Waals surface area contributed by atoms with E-state index in [2.05, 4.69) is 4.98 Å². The second kappa shape index (κ2) is 7.66. The molecular weight excluding hydrogens is 362 g/mol. The lowest BCUT2D eigenvalue weighted by Crippen LogP contribution is -2.29. The van der Waals surface area contributed by atoms with E-state index in [0.717, 1.165) is 27.4 Å². The van der Waals surface area contributed by atoms with Gasteiger partial charge in [-0.1, -0.05) is 35.9 Å². The number of aromatic nitrogens is 1. The van der Waals surface area contributed by atoms with Crippen LogP contribution in [0.4, 0.5) is 8.78 Å². The number of halogens is 3. The van der Waals surface area contributed by atoms with Gasteiger partial charge >= 0.3 is 0 Å². The first-order valence-corrected chi connectivity index (χ1v) is 8.31. The zero-order valence-corrected chi connectivity index (χ0v) is 14.4. The molecule has 0 saturated carbocycles. The lowest BCUT2D eigenvalue weighted by Gasteiger charge is -2.16. The fourth-order valence-electron chi connectivity index (χ4n) is 2.81. The Balaban J connectivity index is 1.70. The van der Waals surface area contributed by atoms with Crippen LogP contribution in [0.5, 0.6) is 0 Å². The molecule has 7 heteroatoms. The van der Waals surface area contributed by atoms with Gasteiger partial charge in [0.05, 0.1) is 17.1 Å². The Labute approximate surface area is 153 Å². The average Bonchev–Trinajstić information content (AvgIpc) is 3.05. The smallest absolute Gasteiger partial charge is 0.229 e. The summed E-state index contributed by atoms with van der Waals surface area (Å²) in [6.07, 6.45) is 2.53. The maximum absolute atomic E-state index is 13.7. The molecule has 0 radical (unpaired) electrons. The first kappa shape index (κ1) is 18.1. The number of aromatic amines is 1. The molecule has 1 heterocycles. The van der Waals surface area contributed by atoms with E-state index in [4.69, 9.17) is 11.6 Å². The number of H-pyrrole nitrogens is 1. The lowest BCUT2D eigenvalue weighted by molar-refractivity contribution is -0.138. The molecule has 4 nitrogen and oxygen atoms in total. The summed E-state index contributed by atoms with van der Waals surface area (Å²) in [5.41, 5.74) is 1.62. The number of rotatable bonds is 6. The van der Waals surface area contributed by atoms with Gasteiger partial charge in [0.2, 0.25) is 12.3 Å². The summed E-state index contributed by atoms with van der Waals surface area (Å²) in [7, 11) is 0. The highest BCUT2D eigenvalue weighted by Crippen LogP contribution is 2.26. The molecule has 0 aliphatic heterocycles. The number of imide groups is 1. The van der Waals surface area contributed by atoms with Gasteiger partial charge in [-0.2, -0.15) is 0 Å². The number of para-hydroxylation sites is 1. The van der Waals surface area contributed by atoms with Gasteiger partial charge in [-0.25, -0.2) is 8.78 Å². The number of aryl methyl sites for hydroxylation is 1. The Hall–Kier alpha value is -2.73. The van der Waals surface area contributed by atoms with Crippen molar-refractivity contribution in [1.82, 2.24) is 9.88 Å². The number of hydrogen-bond acceptors (Lipinski definition) is 2. The van der Waals surface area contributed by atoms with E-state index in [9.17, 15) is 18.4 Å². The van der Waals surface area contributed by atoms with E-state index in [0.29, 0.717) is 17.9 Å². The largest absolute Gasteiger partial charge is 0.360 e. The van der Waals surface area contributed by atoms with Gasteiger partial charge in [-0.15, -0.1) is 0 Å². The highest BCUT2D eigenvalue weighted by atomic mass is 35.5. The van der Waals surface area contributed by atoms with Crippen LogP contribution in [0, 0.1) is 11.6 Å². The molecule has 134 valence electrons. The Morgan fingerprint density at radius 1 is 1.15 bits per heavy atom. The quantitative estimate of drug-likeness (QED) is 0.655. The third kappa shape index (κ3) is 3.60. The third-order valence-corrected chi connectivity index (χ3v) is 4.49. The Kier molecular flexibility index (Phi) is 5.32. The topological polar surface area (TPSA) is 53.2 Å². The van der Waals surface area contributed by atoms with Crippen molar-refractivity contribution in [1.29, 1.82) is 0 Å². The Morgan fingerprint density at radius 2 is 1.92 bits per heavy atom. The molecule has 3 aromatic rings. The number of carbonyl (C=O) groups excluding carboxylic acids is 2. The molecule has 0 aliphatic carbocycles. The second-order valence-electron chi connectivity index (χ2n) is 5.82. The second-order valence-corrected chi connectivity index (χ2v) is 6.22. The molecule has 0 atom stereocenters. The van der Waals surface area contributed by atoms with Crippen molar-refractivity contribution in [3.05, 3.63) is 70.4 Å². The number of carbonyl (C=O) groups is 2. The van der Waals surface area contributed by atoms with Gasteiger partial charge in [-0.3, -0.25) is 14.5 Å². The van der Waals surface area contributed by atoms with Crippen molar-refractivity contribution in [2.24, 2.45) is 0 Å². The number of fused-ring (bicyclic) bond motifs is 1. The minimum absolute atomic E-state index is 0.0507. The molecule has 2 amide bonds. The zero-order valence-electron chi connectivity index (χ0n) is 13.6. The van der Waals surface area contributed by atoms with E-state index in [1.54, 1.807) is 12.3 Å². The maximum atomic E-state index is 13.7. The van der Waals surface area contributed by atoms with Gasteiger partial charge < -0.3 is 4.98 Å². The molecule has 0 spiro atoms. The molecule has 3 rings (SSSR count). The predicted molar refractivity (Wildman–Crippen MR) is 94.6 cm³/mol. The van der Waals surface area contributed by atoms with E-state index < -0.39 is 17.5 Å². The molecule has 0 bridgehead atoms. The van der Waals surface area contributed by atoms with Gasteiger partial charge in [0, 0.05) is 23.6 Å². The standard InChI is InChI=1S/C19H15ClF2N2O2/c20-15-5-2-4-14-12(9-23-19(14)15)7-8-17(26)24(11-25)10-13-3-1-6-16(21)18(13)22/h1-6,9,11,23H,7-8,10H2. The van der Waals surface area contributed by atoms with Gasteiger partial charge in [0.15, 0.2) is 11.6 Å². The summed E-state index contributed by atoms with van der Waals surface area (Å²) in [6.45, 7) is -0.314. The van der Waals surface area contributed by atoms with Crippen LogP contribution in [0.1, 0.15) is 17.5 Å². The summed E-state index contributed by atoms with van der Waals surface area (Å²) >= 11 is 6.10. The maximum Gasteiger partial charge on any atom is 0.229 e. The Morgan fingerprint density at radius 3 is 2.69 bits per heavy atom. The van der Waals surface area contributed by atoms with E-state index in [1.165, 1.54) is 12.1 Å².